The maximum absolute atomic E-state index is 12.5. The number of hydrogen-bond donors (Lipinski definition) is 0. The van der Waals surface area contributed by atoms with Crippen LogP contribution in [0.25, 0.3) is 5.69 Å². The third kappa shape index (κ3) is 3.64. The molecule has 1 fully saturated rings. The molecule has 0 spiro atoms. The molecule has 1 atom stereocenters. The van der Waals surface area contributed by atoms with Crippen LogP contribution in [0.4, 0.5) is 0 Å². The van der Waals surface area contributed by atoms with E-state index < -0.39 is 0 Å². The predicted molar refractivity (Wildman–Crippen MR) is 96.6 cm³/mol. The number of carbonyl (C=O) groups is 1. The Balaban J connectivity index is 1.72. The zero-order chi connectivity index (χ0) is 17.1. The zero-order valence-corrected chi connectivity index (χ0v) is 15.3. The number of hydrogen-bond acceptors (Lipinski definition) is 4. The Hall–Kier alpha value is -1.82. The van der Waals surface area contributed by atoms with Gasteiger partial charge in [0.05, 0.1) is 5.75 Å². The van der Waals surface area contributed by atoms with Crippen molar-refractivity contribution in [2.45, 2.75) is 51.2 Å². The van der Waals surface area contributed by atoms with Gasteiger partial charge >= 0.3 is 0 Å². The molecule has 3 rings (SSSR count). The van der Waals surface area contributed by atoms with Crippen LogP contribution in [0.5, 0.6) is 0 Å². The summed E-state index contributed by atoms with van der Waals surface area (Å²) in [7, 11) is 0. The third-order valence-corrected chi connectivity index (χ3v) is 5.45. The summed E-state index contributed by atoms with van der Waals surface area (Å²) in [5.41, 5.74) is 2.25. The molecule has 2 aromatic rings. The number of nitrogens with zero attached hydrogens (tertiary/aromatic N) is 4. The van der Waals surface area contributed by atoms with Crippen molar-refractivity contribution < 1.29 is 4.79 Å². The summed E-state index contributed by atoms with van der Waals surface area (Å²) < 4.78 is 2.01. The zero-order valence-electron chi connectivity index (χ0n) is 14.5. The number of thioether (sulfide) groups is 1. The first-order valence-corrected chi connectivity index (χ1v) is 9.46. The van der Waals surface area contributed by atoms with Gasteiger partial charge in [-0.1, -0.05) is 29.5 Å². The van der Waals surface area contributed by atoms with Crippen LogP contribution in [0.3, 0.4) is 0 Å². The lowest BCUT2D eigenvalue weighted by molar-refractivity contribution is -0.131. The van der Waals surface area contributed by atoms with Gasteiger partial charge in [-0.15, -0.1) is 10.2 Å². The van der Waals surface area contributed by atoms with Gasteiger partial charge in [0.2, 0.25) is 5.91 Å². The minimum absolute atomic E-state index is 0.198. The minimum Gasteiger partial charge on any atom is -0.339 e. The summed E-state index contributed by atoms with van der Waals surface area (Å²) in [5.74, 6) is 1.44. The van der Waals surface area contributed by atoms with E-state index in [9.17, 15) is 4.79 Å². The Kier molecular flexibility index (Phi) is 5.23. The normalized spacial score (nSPS) is 18.0. The third-order valence-electron chi connectivity index (χ3n) is 4.54. The van der Waals surface area contributed by atoms with Gasteiger partial charge in [-0.3, -0.25) is 9.36 Å². The Bertz CT molecular complexity index is 710. The maximum atomic E-state index is 12.5. The lowest BCUT2D eigenvalue weighted by Gasteiger charge is -2.33. The molecule has 0 bridgehead atoms. The fraction of sp³-hybridized carbons (Fsp3) is 0.500. The van der Waals surface area contributed by atoms with Crippen LogP contribution in [0.2, 0.25) is 0 Å². The highest BCUT2D eigenvalue weighted by molar-refractivity contribution is 7.99. The SMILES string of the molecule is Cc1ccc(-n2c(C)nnc2SCC(=O)N2CCCC[C@H]2C)cc1. The second-order valence-electron chi connectivity index (χ2n) is 6.42. The molecule has 128 valence electrons. The molecule has 1 saturated heterocycles. The van der Waals surface area contributed by atoms with E-state index in [1.807, 2.05) is 16.4 Å². The van der Waals surface area contributed by atoms with E-state index in [2.05, 4.69) is 48.3 Å². The molecule has 0 aliphatic carbocycles. The predicted octanol–water partition coefficient (Wildman–Crippen LogP) is 3.38. The number of rotatable bonds is 4. The van der Waals surface area contributed by atoms with E-state index in [1.165, 1.54) is 23.7 Å². The molecule has 0 radical (unpaired) electrons. The number of piperidine rings is 1. The van der Waals surface area contributed by atoms with Crippen LogP contribution in [-0.2, 0) is 4.79 Å². The molecular weight excluding hydrogens is 320 g/mol. The van der Waals surface area contributed by atoms with Crippen molar-refractivity contribution in [1.82, 2.24) is 19.7 Å². The summed E-state index contributed by atoms with van der Waals surface area (Å²) in [4.78, 5) is 14.5. The van der Waals surface area contributed by atoms with Crippen LogP contribution in [0, 0.1) is 13.8 Å². The van der Waals surface area contributed by atoms with Crippen molar-refractivity contribution in [3.63, 3.8) is 0 Å². The Morgan fingerprint density at radius 2 is 1.96 bits per heavy atom. The van der Waals surface area contributed by atoms with Gasteiger partial charge in [-0.05, 0) is 52.2 Å². The van der Waals surface area contributed by atoms with Crippen molar-refractivity contribution in [2.75, 3.05) is 12.3 Å². The van der Waals surface area contributed by atoms with E-state index in [1.54, 1.807) is 0 Å². The van der Waals surface area contributed by atoms with Crippen LogP contribution < -0.4 is 0 Å². The molecule has 0 saturated carbocycles. The molecule has 2 heterocycles. The lowest BCUT2D eigenvalue weighted by atomic mass is 10.0. The first-order chi connectivity index (χ1) is 11.6. The molecule has 0 N–H and O–H groups in total. The van der Waals surface area contributed by atoms with E-state index in [-0.39, 0.29) is 5.91 Å². The second-order valence-corrected chi connectivity index (χ2v) is 7.36. The molecule has 24 heavy (non-hydrogen) atoms. The fourth-order valence-corrected chi connectivity index (χ4v) is 3.99. The summed E-state index contributed by atoms with van der Waals surface area (Å²) in [6, 6.07) is 8.62. The maximum Gasteiger partial charge on any atom is 0.233 e. The first-order valence-electron chi connectivity index (χ1n) is 8.47. The average Bonchev–Trinajstić information content (AvgIpc) is 2.95. The van der Waals surface area contributed by atoms with E-state index in [0.29, 0.717) is 11.8 Å². The molecule has 5 nitrogen and oxygen atoms in total. The Morgan fingerprint density at radius 3 is 2.67 bits per heavy atom. The quantitative estimate of drug-likeness (QED) is 0.798. The summed E-state index contributed by atoms with van der Waals surface area (Å²) in [5, 5.41) is 9.22. The number of likely N-dealkylation sites (tertiary alicyclic amines) is 1. The number of amides is 1. The Morgan fingerprint density at radius 1 is 1.21 bits per heavy atom. The molecule has 1 amide bonds. The number of benzene rings is 1. The largest absolute Gasteiger partial charge is 0.339 e. The topological polar surface area (TPSA) is 51.0 Å². The highest BCUT2D eigenvalue weighted by atomic mass is 32.2. The van der Waals surface area contributed by atoms with Crippen LogP contribution in [-0.4, -0.2) is 43.9 Å². The summed E-state index contributed by atoms with van der Waals surface area (Å²) in [6.07, 6.45) is 3.44. The van der Waals surface area contributed by atoms with Gasteiger partial charge in [0.1, 0.15) is 5.82 Å². The highest BCUT2D eigenvalue weighted by Crippen LogP contribution is 2.24. The number of aryl methyl sites for hydroxylation is 2. The van der Waals surface area contributed by atoms with Crippen molar-refractivity contribution in [2.24, 2.45) is 0 Å². The van der Waals surface area contributed by atoms with Gasteiger partial charge in [0, 0.05) is 18.3 Å². The van der Waals surface area contributed by atoms with E-state index in [0.717, 1.165) is 36.1 Å². The van der Waals surface area contributed by atoms with Crippen molar-refractivity contribution >= 4 is 17.7 Å². The van der Waals surface area contributed by atoms with E-state index in [4.69, 9.17) is 0 Å². The van der Waals surface area contributed by atoms with Gasteiger partial charge in [0.15, 0.2) is 5.16 Å². The Labute approximate surface area is 147 Å². The first kappa shape index (κ1) is 17.0. The van der Waals surface area contributed by atoms with Gasteiger partial charge in [-0.25, -0.2) is 0 Å². The smallest absolute Gasteiger partial charge is 0.233 e. The van der Waals surface area contributed by atoms with E-state index >= 15 is 0 Å². The standard InChI is InChI=1S/C18H24N4OS/c1-13-7-9-16(10-8-13)22-15(3)19-20-18(22)24-12-17(23)21-11-5-4-6-14(21)2/h7-10,14H,4-6,11-12H2,1-3H3/t14-/m1/s1. The van der Waals surface area contributed by atoms with Crippen LogP contribution >= 0.6 is 11.8 Å². The molecule has 1 aromatic heterocycles. The van der Waals surface area contributed by atoms with Gasteiger partial charge < -0.3 is 4.90 Å². The molecule has 6 heteroatoms. The van der Waals surface area contributed by atoms with Gasteiger partial charge in [-0.2, -0.15) is 0 Å². The van der Waals surface area contributed by atoms with Crippen molar-refractivity contribution in [1.29, 1.82) is 0 Å². The second kappa shape index (κ2) is 7.38. The molecule has 1 aliphatic heterocycles. The summed E-state index contributed by atoms with van der Waals surface area (Å²) in [6.45, 7) is 7.02. The van der Waals surface area contributed by atoms with Crippen molar-refractivity contribution in [3.05, 3.63) is 35.7 Å². The fourth-order valence-electron chi connectivity index (χ4n) is 3.11. The van der Waals surface area contributed by atoms with Crippen LogP contribution in [0.1, 0.15) is 37.6 Å². The molecular formula is C18H24N4OS. The monoisotopic (exact) mass is 344 g/mol. The van der Waals surface area contributed by atoms with Gasteiger partial charge in [0.25, 0.3) is 0 Å². The van der Waals surface area contributed by atoms with Crippen molar-refractivity contribution in [3.8, 4) is 5.69 Å². The molecule has 1 aliphatic rings. The lowest BCUT2D eigenvalue weighted by Crippen LogP contribution is -2.42. The number of aromatic nitrogens is 3. The highest BCUT2D eigenvalue weighted by Gasteiger charge is 2.23. The molecule has 1 aromatic carbocycles. The summed E-state index contributed by atoms with van der Waals surface area (Å²) >= 11 is 1.47. The minimum atomic E-state index is 0.198. The molecule has 0 unspecified atom stereocenters. The van der Waals surface area contributed by atoms with Crippen LogP contribution in [0.15, 0.2) is 29.4 Å². The average molecular weight is 344 g/mol. The number of carbonyl (C=O) groups excluding carboxylic acids is 1.